The summed E-state index contributed by atoms with van der Waals surface area (Å²) in [5.74, 6) is 0. The second kappa shape index (κ2) is 4.81. The van der Waals surface area contributed by atoms with Crippen LogP contribution in [0.2, 0.25) is 0 Å². The van der Waals surface area contributed by atoms with Gasteiger partial charge in [0.1, 0.15) is 13.9 Å². The second-order valence-corrected chi connectivity index (χ2v) is 3.30. The molecule has 0 amide bonds. The third-order valence-corrected chi connectivity index (χ3v) is 2.23. The van der Waals surface area contributed by atoms with Gasteiger partial charge < -0.3 is 0 Å². The molecule has 3 nitrogen and oxygen atoms in total. The Morgan fingerprint density at radius 3 is 2.17 bits per heavy atom. The molecule has 0 bridgehead atoms. The number of alkyl halides is 3. The minimum atomic E-state index is -4.78. The van der Waals surface area contributed by atoms with E-state index >= 15 is 0 Å². The number of rotatable bonds is 1. The van der Waals surface area contributed by atoms with Crippen molar-refractivity contribution in [3.8, 4) is 18.2 Å². The van der Waals surface area contributed by atoms with Crippen LogP contribution in [0.5, 0.6) is 0 Å². The highest BCUT2D eigenvalue weighted by atomic mass is 19.4. The fraction of sp³-hybridized carbons (Fsp3) is 0.182. The van der Waals surface area contributed by atoms with Gasteiger partial charge in [0, 0.05) is 0 Å². The molecule has 0 spiro atoms. The first kappa shape index (κ1) is 13.6. The van der Waals surface area contributed by atoms with E-state index < -0.39 is 34.8 Å². The Labute approximate surface area is 102 Å². The molecule has 0 fully saturated rings. The van der Waals surface area contributed by atoms with Crippen molar-refractivity contribution in [1.29, 1.82) is 15.8 Å². The molecule has 0 saturated carbocycles. The molecule has 0 atom stereocenters. The van der Waals surface area contributed by atoms with E-state index in [1.54, 1.807) is 12.1 Å². The molecular weight excluding hydrogens is 242 g/mol. The van der Waals surface area contributed by atoms with E-state index in [2.05, 4.69) is 0 Å². The zero-order valence-electron chi connectivity index (χ0n) is 8.84. The van der Waals surface area contributed by atoms with Crippen LogP contribution in [-0.4, -0.2) is 7.85 Å². The highest BCUT2D eigenvalue weighted by Gasteiger charge is 2.36. The molecule has 18 heavy (non-hydrogen) atoms. The number of halogens is 3. The highest BCUT2D eigenvalue weighted by molar-refractivity contribution is 6.35. The number of hydrogen-bond donors (Lipinski definition) is 0. The van der Waals surface area contributed by atoms with Crippen molar-refractivity contribution in [2.45, 2.75) is 12.6 Å². The molecule has 0 aliphatic heterocycles. The van der Waals surface area contributed by atoms with Crippen molar-refractivity contribution < 1.29 is 13.2 Å². The topological polar surface area (TPSA) is 71.4 Å². The monoisotopic (exact) mass is 245 g/mol. The summed E-state index contributed by atoms with van der Waals surface area (Å²) >= 11 is 0. The molecule has 0 saturated heterocycles. The van der Waals surface area contributed by atoms with Gasteiger partial charge in [0.15, 0.2) is 0 Å². The van der Waals surface area contributed by atoms with Crippen molar-refractivity contribution >= 4 is 13.3 Å². The summed E-state index contributed by atoms with van der Waals surface area (Å²) in [7, 11) is 5.28. The quantitative estimate of drug-likeness (QED) is 0.700. The van der Waals surface area contributed by atoms with E-state index in [4.69, 9.17) is 23.6 Å². The maximum Gasteiger partial charge on any atom is 0.416 e. The van der Waals surface area contributed by atoms with Crippen LogP contribution in [0.4, 0.5) is 13.2 Å². The van der Waals surface area contributed by atoms with E-state index in [9.17, 15) is 13.2 Å². The van der Waals surface area contributed by atoms with Gasteiger partial charge in [0.25, 0.3) is 0 Å². The van der Waals surface area contributed by atoms with E-state index in [1.165, 1.54) is 6.07 Å². The lowest BCUT2D eigenvalue weighted by Gasteiger charge is -2.16. The first-order valence-corrected chi connectivity index (χ1v) is 4.56. The van der Waals surface area contributed by atoms with Crippen LogP contribution >= 0.6 is 0 Å². The lowest BCUT2D eigenvalue weighted by Crippen LogP contribution is -2.26. The van der Waals surface area contributed by atoms with Crippen LogP contribution in [0, 0.1) is 34.0 Å². The van der Waals surface area contributed by atoms with E-state index in [0.717, 1.165) is 6.07 Å². The summed E-state index contributed by atoms with van der Waals surface area (Å²) in [5.41, 5.74) is -3.23. The predicted octanol–water partition coefficient (Wildman–Crippen LogP) is 1.31. The molecule has 1 rings (SSSR count). The van der Waals surface area contributed by atoms with Crippen molar-refractivity contribution in [3.63, 3.8) is 0 Å². The van der Waals surface area contributed by atoms with Gasteiger partial charge in [-0.05, 0) is 11.6 Å². The van der Waals surface area contributed by atoms with Gasteiger partial charge in [-0.2, -0.15) is 29.0 Å². The van der Waals surface area contributed by atoms with Crippen molar-refractivity contribution in [1.82, 2.24) is 0 Å². The summed E-state index contributed by atoms with van der Waals surface area (Å²) in [4.78, 5) is 0. The van der Waals surface area contributed by atoms with Crippen LogP contribution in [0.3, 0.4) is 0 Å². The van der Waals surface area contributed by atoms with Crippen molar-refractivity contribution in [2.75, 3.05) is 0 Å². The molecular formula is C11H3BF3N3. The van der Waals surface area contributed by atoms with Gasteiger partial charge in [-0.3, -0.25) is 0 Å². The van der Waals surface area contributed by atoms with Gasteiger partial charge in [-0.25, -0.2) is 0 Å². The molecule has 0 N–H and O–H groups in total. The third-order valence-electron chi connectivity index (χ3n) is 2.23. The maximum absolute atomic E-state index is 12.8. The van der Waals surface area contributed by atoms with Crippen LogP contribution in [-0.2, 0) is 12.6 Å². The van der Waals surface area contributed by atoms with Gasteiger partial charge in [0.2, 0.25) is 0 Å². The molecule has 1 aromatic rings. The minimum Gasteiger partial charge on any atom is -0.198 e. The first-order valence-electron chi connectivity index (χ1n) is 4.56. The largest absolute Gasteiger partial charge is 0.416 e. The average Bonchev–Trinajstić information content (AvgIpc) is 2.26. The first-order chi connectivity index (χ1) is 8.36. The summed E-state index contributed by atoms with van der Waals surface area (Å²) in [5, 5.41) is 26.0. The van der Waals surface area contributed by atoms with Crippen LogP contribution in [0.1, 0.15) is 22.3 Å². The number of nitrogens with zero attached hydrogens (tertiary/aromatic N) is 3. The van der Waals surface area contributed by atoms with Crippen molar-refractivity contribution in [2.24, 2.45) is 0 Å². The summed E-state index contributed by atoms with van der Waals surface area (Å²) in [6, 6.07) is 5.49. The van der Waals surface area contributed by atoms with Gasteiger partial charge in [0.05, 0.1) is 35.2 Å². The lowest BCUT2D eigenvalue weighted by atomic mass is 9.80. The summed E-state index contributed by atoms with van der Waals surface area (Å²) in [6.45, 7) is 0. The molecule has 1 aromatic carbocycles. The third kappa shape index (κ3) is 2.28. The summed E-state index contributed by atoms with van der Waals surface area (Å²) < 4.78 is 38.4. The Kier molecular flexibility index (Phi) is 3.64. The Morgan fingerprint density at radius 1 is 1.17 bits per heavy atom. The molecule has 0 heterocycles. The standard InChI is InChI=1S/C11H3BF3N3/c12-10-8(5-18)7(4-17)3-6(1-2-16)9(10)11(13,14)15/h3H,1H2. The Hall–Kier alpha value is -2.46. The number of hydrogen-bond acceptors (Lipinski definition) is 3. The van der Waals surface area contributed by atoms with Crippen LogP contribution < -0.4 is 5.46 Å². The zero-order chi connectivity index (χ0) is 13.9. The fourth-order valence-electron chi connectivity index (χ4n) is 1.53. The Balaban J connectivity index is 3.76. The number of nitriles is 3. The summed E-state index contributed by atoms with van der Waals surface area (Å²) in [6.07, 6.45) is -5.32. The predicted molar refractivity (Wildman–Crippen MR) is 55.6 cm³/mol. The molecule has 0 unspecified atom stereocenters. The lowest BCUT2D eigenvalue weighted by molar-refractivity contribution is -0.137. The van der Waals surface area contributed by atoms with Crippen LogP contribution in [0.15, 0.2) is 6.07 Å². The zero-order valence-corrected chi connectivity index (χ0v) is 8.84. The Morgan fingerprint density at radius 2 is 1.78 bits per heavy atom. The smallest absolute Gasteiger partial charge is 0.198 e. The molecule has 7 heteroatoms. The van der Waals surface area contributed by atoms with Crippen LogP contribution in [0.25, 0.3) is 0 Å². The molecule has 0 aliphatic carbocycles. The van der Waals surface area contributed by atoms with E-state index in [1.807, 2.05) is 0 Å². The molecule has 2 radical (unpaired) electrons. The number of benzene rings is 1. The normalized spacial score (nSPS) is 10.2. The van der Waals surface area contributed by atoms with Gasteiger partial charge in [-0.1, -0.05) is 5.46 Å². The Bertz CT molecular complexity index is 615. The van der Waals surface area contributed by atoms with Gasteiger partial charge in [-0.15, -0.1) is 0 Å². The van der Waals surface area contributed by atoms with E-state index in [0.29, 0.717) is 0 Å². The second-order valence-electron chi connectivity index (χ2n) is 3.30. The van der Waals surface area contributed by atoms with E-state index in [-0.39, 0.29) is 5.56 Å². The average molecular weight is 245 g/mol. The SMILES string of the molecule is [B]c1c(C#N)c(C#N)cc(CC#N)c1C(F)(F)F. The van der Waals surface area contributed by atoms with Crippen molar-refractivity contribution in [3.05, 3.63) is 28.3 Å². The minimum absolute atomic E-state index is 0.270. The maximum atomic E-state index is 12.8. The fourth-order valence-corrected chi connectivity index (χ4v) is 1.53. The highest BCUT2D eigenvalue weighted by Crippen LogP contribution is 2.32. The van der Waals surface area contributed by atoms with Gasteiger partial charge >= 0.3 is 6.18 Å². The molecule has 0 aliphatic rings. The molecule has 0 aromatic heterocycles. The molecule has 86 valence electrons.